The highest BCUT2D eigenvalue weighted by Crippen LogP contribution is 2.25. The van der Waals surface area contributed by atoms with Crippen molar-refractivity contribution in [1.29, 1.82) is 0 Å². The molecule has 0 saturated carbocycles. The molecule has 6 nitrogen and oxygen atoms in total. The Hall–Kier alpha value is -1.53. The molecule has 2 atom stereocenters. The Bertz CT molecular complexity index is 510. The van der Waals surface area contributed by atoms with E-state index >= 15 is 0 Å². The number of likely N-dealkylation sites (N-methyl/N-ethyl adjacent to an activating group) is 1. The second-order valence-electron chi connectivity index (χ2n) is 7.16. The number of nitrogens with zero attached hydrogens (tertiary/aromatic N) is 3. The van der Waals surface area contributed by atoms with Crippen molar-refractivity contribution in [3.05, 3.63) is 24.2 Å². The molecule has 2 unspecified atom stereocenters. The fourth-order valence-electron chi connectivity index (χ4n) is 3.32. The van der Waals surface area contributed by atoms with Crippen LogP contribution in [0.25, 0.3) is 0 Å². The zero-order chi connectivity index (χ0) is 18.8. The van der Waals surface area contributed by atoms with Crippen molar-refractivity contribution in [2.24, 2.45) is 4.99 Å². The number of likely N-dealkylation sites (tertiary alicyclic amines) is 1. The monoisotopic (exact) mass is 363 g/mol. The van der Waals surface area contributed by atoms with Gasteiger partial charge in [0.05, 0.1) is 18.8 Å². The van der Waals surface area contributed by atoms with Crippen molar-refractivity contribution in [1.82, 2.24) is 20.4 Å². The largest absolute Gasteiger partial charge is 0.468 e. The van der Waals surface area contributed by atoms with Gasteiger partial charge in [0.15, 0.2) is 5.96 Å². The third-order valence-corrected chi connectivity index (χ3v) is 5.32. The van der Waals surface area contributed by atoms with E-state index in [0.717, 1.165) is 44.4 Å². The molecular weight excluding hydrogens is 326 g/mol. The van der Waals surface area contributed by atoms with Gasteiger partial charge in [-0.1, -0.05) is 6.92 Å². The molecule has 26 heavy (non-hydrogen) atoms. The van der Waals surface area contributed by atoms with Gasteiger partial charge in [-0.25, -0.2) is 0 Å². The first-order valence-electron chi connectivity index (χ1n) is 10.2. The highest BCUT2D eigenvalue weighted by atomic mass is 16.3. The van der Waals surface area contributed by atoms with Crippen molar-refractivity contribution in [2.45, 2.75) is 52.1 Å². The van der Waals surface area contributed by atoms with E-state index in [0.29, 0.717) is 12.6 Å². The third-order valence-electron chi connectivity index (χ3n) is 5.32. The standard InChI is InChI=1S/C20H37N5O/c1-5-17(3)24(4)14-11-22-20(21-6-2)23-16-18(19-10-9-15-26-19)25-12-7-8-13-25/h9-10,15,17-18H,5-8,11-14,16H2,1-4H3,(H2,21,22,23). The second-order valence-corrected chi connectivity index (χ2v) is 7.16. The van der Waals surface area contributed by atoms with Gasteiger partial charge in [0, 0.05) is 25.7 Å². The van der Waals surface area contributed by atoms with Gasteiger partial charge in [-0.2, -0.15) is 0 Å². The first-order valence-corrected chi connectivity index (χ1v) is 10.2. The van der Waals surface area contributed by atoms with Crippen molar-refractivity contribution in [3.63, 3.8) is 0 Å². The normalized spacial score (nSPS) is 18.3. The minimum atomic E-state index is 0.228. The highest BCUT2D eigenvalue weighted by Gasteiger charge is 2.25. The molecule has 2 heterocycles. The fourth-order valence-corrected chi connectivity index (χ4v) is 3.32. The van der Waals surface area contributed by atoms with Gasteiger partial charge in [-0.15, -0.1) is 0 Å². The molecule has 1 aromatic heterocycles. The molecule has 148 valence electrons. The number of rotatable bonds is 10. The molecule has 1 saturated heterocycles. The van der Waals surface area contributed by atoms with Crippen LogP contribution in [0.5, 0.6) is 0 Å². The van der Waals surface area contributed by atoms with E-state index in [-0.39, 0.29) is 6.04 Å². The fraction of sp³-hybridized carbons (Fsp3) is 0.750. The molecule has 1 aromatic rings. The lowest BCUT2D eigenvalue weighted by Crippen LogP contribution is -2.42. The van der Waals surface area contributed by atoms with E-state index in [1.165, 1.54) is 19.3 Å². The van der Waals surface area contributed by atoms with Crippen LogP contribution in [0.2, 0.25) is 0 Å². The number of aliphatic imine (C=N–C) groups is 1. The summed E-state index contributed by atoms with van der Waals surface area (Å²) < 4.78 is 5.69. The molecule has 0 bridgehead atoms. The van der Waals surface area contributed by atoms with Crippen LogP contribution >= 0.6 is 0 Å². The molecule has 0 aliphatic carbocycles. The van der Waals surface area contributed by atoms with Gasteiger partial charge in [0.25, 0.3) is 0 Å². The van der Waals surface area contributed by atoms with Crippen molar-refractivity contribution >= 4 is 5.96 Å². The maximum Gasteiger partial charge on any atom is 0.191 e. The summed E-state index contributed by atoms with van der Waals surface area (Å²) in [7, 11) is 2.18. The summed E-state index contributed by atoms with van der Waals surface area (Å²) in [5.41, 5.74) is 0. The number of guanidine groups is 1. The first kappa shape index (κ1) is 20.8. The van der Waals surface area contributed by atoms with Crippen LogP contribution in [-0.2, 0) is 0 Å². The smallest absolute Gasteiger partial charge is 0.191 e. The second kappa shape index (κ2) is 11.2. The molecule has 0 spiro atoms. The maximum atomic E-state index is 5.69. The molecule has 0 radical (unpaired) electrons. The van der Waals surface area contributed by atoms with Crippen LogP contribution in [-0.4, -0.2) is 68.1 Å². The van der Waals surface area contributed by atoms with Crippen molar-refractivity contribution in [2.75, 3.05) is 46.3 Å². The average molecular weight is 364 g/mol. The number of hydrogen-bond acceptors (Lipinski definition) is 4. The molecule has 1 aliphatic heterocycles. The molecular formula is C20H37N5O. The minimum absolute atomic E-state index is 0.228. The summed E-state index contributed by atoms with van der Waals surface area (Å²) in [5.74, 6) is 1.91. The SMILES string of the molecule is CCNC(=NCC(c1ccco1)N1CCCC1)NCCN(C)C(C)CC. The van der Waals surface area contributed by atoms with Crippen LogP contribution in [0.15, 0.2) is 27.8 Å². The van der Waals surface area contributed by atoms with E-state index in [4.69, 9.17) is 9.41 Å². The van der Waals surface area contributed by atoms with Crippen molar-refractivity contribution < 1.29 is 4.42 Å². The summed E-state index contributed by atoms with van der Waals surface area (Å²) in [4.78, 5) is 9.72. The van der Waals surface area contributed by atoms with E-state index < -0.39 is 0 Å². The number of furan rings is 1. The summed E-state index contributed by atoms with van der Waals surface area (Å²) in [6, 6.07) is 4.87. The first-order chi connectivity index (χ1) is 12.7. The zero-order valence-corrected chi connectivity index (χ0v) is 17.0. The molecule has 6 heteroatoms. The van der Waals surface area contributed by atoms with Gasteiger partial charge >= 0.3 is 0 Å². The highest BCUT2D eigenvalue weighted by molar-refractivity contribution is 5.79. The Morgan fingerprint density at radius 1 is 1.31 bits per heavy atom. The lowest BCUT2D eigenvalue weighted by molar-refractivity contribution is 0.221. The van der Waals surface area contributed by atoms with Crippen LogP contribution < -0.4 is 10.6 Å². The van der Waals surface area contributed by atoms with Crippen LogP contribution in [0.1, 0.15) is 51.8 Å². The lowest BCUT2D eigenvalue weighted by Gasteiger charge is -2.25. The molecule has 1 aliphatic rings. The van der Waals surface area contributed by atoms with Gasteiger partial charge < -0.3 is 20.0 Å². The summed E-state index contributed by atoms with van der Waals surface area (Å²) >= 11 is 0. The predicted octanol–water partition coefficient (Wildman–Crippen LogP) is 2.70. The average Bonchev–Trinajstić information content (AvgIpc) is 3.35. The maximum absolute atomic E-state index is 5.69. The van der Waals surface area contributed by atoms with Crippen LogP contribution in [0, 0.1) is 0 Å². The van der Waals surface area contributed by atoms with Crippen LogP contribution in [0.4, 0.5) is 0 Å². The van der Waals surface area contributed by atoms with E-state index in [1.54, 1.807) is 6.26 Å². The minimum Gasteiger partial charge on any atom is -0.468 e. The predicted molar refractivity (Wildman–Crippen MR) is 109 cm³/mol. The Kier molecular flexibility index (Phi) is 8.98. The van der Waals surface area contributed by atoms with Gasteiger partial charge in [0.2, 0.25) is 0 Å². The molecule has 1 fully saturated rings. The van der Waals surface area contributed by atoms with E-state index in [1.807, 2.05) is 6.07 Å². The Morgan fingerprint density at radius 2 is 2.08 bits per heavy atom. The third kappa shape index (κ3) is 6.32. The molecule has 0 aromatic carbocycles. The zero-order valence-electron chi connectivity index (χ0n) is 17.0. The molecule has 2 N–H and O–H groups in total. The van der Waals surface area contributed by atoms with E-state index in [2.05, 4.69) is 54.3 Å². The van der Waals surface area contributed by atoms with E-state index in [9.17, 15) is 0 Å². The lowest BCUT2D eigenvalue weighted by atomic mass is 10.2. The molecule has 0 amide bonds. The van der Waals surface area contributed by atoms with Gasteiger partial charge in [-0.05, 0) is 65.4 Å². The van der Waals surface area contributed by atoms with Crippen molar-refractivity contribution in [3.8, 4) is 0 Å². The van der Waals surface area contributed by atoms with Gasteiger partial charge in [0.1, 0.15) is 5.76 Å². The summed E-state index contributed by atoms with van der Waals surface area (Å²) in [6.07, 6.45) is 5.46. The Balaban J connectivity index is 1.92. The van der Waals surface area contributed by atoms with Crippen LogP contribution in [0.3, 0.4) is 0 Å². The van der Waals surface area contributed by atoms with Gasteiger partial charge in [-0.3, -0.25) is 9.89 Å². The quantitative estimate of drug-likeness (QED) is 0.494. The topological polar surface area (TPSA) is 56.0 Å². The Morgan fingerprint density at radius 3 is 2.69 bits per heavy atom. The number of nitrogens with one attached hydrogen (secondary N) is 2. The summed E-state index contributed by atoms with van der Waals surface area (Å²) in [6.45, 7) is 12.3. The number of hydrogen-bond donors (Lipinski definition) is 2. The summed E-state index contributed by atoms with van der Waals surface area (Å²) in [5, 5.41) is 6.83. The molecule has 2 rings (SSSR count). The Labute approximate surface area is 159 Å².